The molecule has 0 aromatic carbocycles. The molecule has 1 aliphatic carbocycles. The number of aliphatic hydroxyl groups is 4. The molecule has 0 unspecified atom stereocenters. The molecular formula is C6H12O4Se. The second-order valence-corrected chi connectivity index (χ2v) is 4.84. The predicted octanol–water partition coefficient (Wildman–Crippen LogP) is -2.48. The fourth-order valence-corrected chi connectivity index (χ4v) is 2.00. The van der Waals surface area contributed by atoms with Crippen molar-refractivity contribution in [1.82, 2.24) is 0 Å². The van der Waals surface area contributed by atoms with E-state index in [0.29, 0.717) is 0 Å². The monoisotopic (exact) mass is 228 g/mol. The fourth-order valence-electron chi connectivity index (χ4n) is 1.29. The summed E-state index contributed by atoms with van der Waals surface area (Å²) in [6.07, 6.45) is -2.90. The Balaban J connectivity index is 2.73. The molecule has 1 rings (SSSR count). The first-order valence-corrected chi connectivity index (χ1v) is 4.32. The van der Waals surface area contributed by atoms with E-state index in [9.17, 15) is 5.11 Å². The SMILES string of the molecule is OC[C@]1([SeH])C[C@H](O)[C@@H](O)[C@@H]1O. The van der Waals surface area contributed by atoms with Crippen LogP contribution in [0.4, 0.5) is 0 Å². The van der Waals surface area contributed by atoms with E-state index in [1.54, 1.807) is 0 Å². The predicted molar refractivity (Wildman–Crippen MR) is 39.6 cm³/mol. The topological polar surface area (TPSA) is 80.9 Å². The summed E-state index contributed by atoms with van der Waals surface area (Å²) in [5.74, 6) is 0. The normalized spacial score (nSPS) is 51.5. The molecule has 4 nitrogen and oxygen atoms in total. The molecule has 0 bridgehead atoms. The van der Waals surface area contributed by atoms with E-state index >= 15 is 0 Å². The van der Waals surface area contributed by atoms with Gasteiger partial charge in [-0.3, -0.25) is 0 Å². The Kier molecular flexibility index (Phi) is 2.59. The summed E-state index contributed by atoms with van der Waals surface area (Å²) >= 11 is 2.11. The van der Waals surface area contributed by atoms with E-state index in [4.69, 9.17) is 15.3 Å². The van der Waals surface area contributed by atoms with Gasteiger partial charge in [-0.2, -0.15) is 0 Å². The van der Waals surface area contributed by atoms with Crippen molar-refractivity contribution in [1.29, 1.82) is 0 Å². The average Bonchev–Trinajstić information content (AvgIpc) is 2.17. The molecule has 0 amide bonds. The van der Waals surface area contributed by atoms with E-state index in [-0.39, 0.29) is 13.0 Å². The van der Waals surface area contributed by atoms with Gasteiger partial charge in [0.2, 0.25) is 0 Å². The van der Waals surface area contributed by atoms with Crippen LogP contribution >= 0.6 is 0 Å². The first-order valence-electron chi connectivity index (χ1n) is 3.39. The van der Waals surface area contributed by atoms with E-state index in [1.165, 1.54) is 0 Å². The molecule has 11 heavy (non-hydrogen) atoms. The molecule has 0 aromatic heterocycles. The van der Waals surface area contributed by atoms with Crippen LogP contribution in [-0.2, 0) is 0 Å². The molecule has 0 heterocycles. The summed E-state index contributed by atoms with van der Waals surface area (Å²) in [5.41, 5.74) is 0. The maximum atomic E-state index is 9.30. The summed E-state index contributed by atoms with van der Waals surface area (Å²) in [7, 11) is 0. The van der Waals surface area contributed by atoms with Gasteiger partial charge in [-0.15, -0.1) is 0 Å². The number of aliphatic hydroxyl groups excluding tert-OH is 4. The van der Waals surface area contributed by atoms with Crippen LogP contribution in [0.5, 0.6) is 0 Å². The Bertz CT molecular complexity index is 154. The van der Waals surface area contributed by atoms with Crippen molar-refractivity contribution in [3.63, 3.8) is 0 Å². The Morgan fingerprint density at radius 1 is 1.36 bits per heavy atom. The molecule has 0 aliphatic heterocycles. The molecule has 5 heteroatoms. The summed E-state index contributed by atoms with van der Waals surface area (Å²) in [5, 5.41) is 36.4. The zero-order valence-corrected chi connectivity index (χ0v) is 7.76. The van der Waals surface area contributed by atoms with E-state index < -0.39 is 22.6 Å². The number of hydrogen-bond donors (Lipinski definition) is 4. The van der Waals surface area contributed by atoms with Crippen molar-refractivity contribution in [3.8, 4) is 0 Å². The minimum absolute atomic E-state index is 0.214. The molecule has 0 radical (unpaired) electrons. The van der Waals surface area contributed by atoms with Gasteiger partial charge in [0.15, 0.2) is 0 Å². The Labute approximate surface area is 72.7 Å². The van der Waals surface area contributed by atoms with Gasteiger partial charge >= 0.3 is 72.1 Å². The van der Waals surface area contributed by atoms with Crippen molar-refractivity contribution in [2.75, 3.05) is 6.61 Å². The van der Waals surface area contributed by atoms with Crippen molar-refractivity contribution in [2.24, 2.45) is 0 Å². The summed E-state index contributed by atoms with van der Waals surface area (Å²) in [6, 6.07) is 0. The Morgan fingerprint density at radius 2 is 1.91 bits per heavy atom. The summed E-state index contributed by atoms with van der Waals surface area (Å²) < 4.78 is -0.814. The van der Waals surface area contributed by atoms with Gasteiger partial charge in [0, 0.05) is 0 Å². The van der Waals surface area contributed by atoms with Gasteiger partial charge in [0.25, 0.3) is 0 Å². The van der Waals surface area contributed by atoms with Crippen LogP contribution in [0.15, 0.2) is 0 Å². The van der Waals surface area contributed by atoms with Crippen molar-refractivity contribution < 1.29 is 20.4 Å². The van der Waals surface area contributed by atoms with Gasteiger partial charge < -0.3 is 0 Å². The maximum absolute atomic E-state index is 9.30. The van der Waals surface area contributed by atoms with Crippen LogP contribution in [0.1, 0.15) is 6.42 Å². The second-order valence-electron chi connectivity index (χ2n) is 2.97. The molecule has 1 fully saturated rings. The number of rotatable bonds is 1. The molecule has 0 aromatic rings. The van der Waals surface area contributed by atoms with Crippen LogP contribution in [-0.4, -0.2) is 61.4 Å². The van der Waals surface area contributed by atoms with Crippen molar-refractivity contribution >= 4 is 16.0 Å². The summed E-state index contributed by atoms with van der Waals surface area (Å²) in [4.78, 5) is 0. The van der Waals surface area contributed by atoms with E-state index in [1.807, 2.05) is 0 Å². The minimum atomic E-state index is -1.13. The van der Waals surface area contributed by atoms with Gasteiger partial charge in [0.05, 0.1) is 0 Å². The Hall–Kier alpha value is 0.359. The van der Waals surface area contributed by atoms with Gasteiger partial charge in [-0.25, -0.2) is 0 Å². The molecule has 4 atom stereocenters. The third kappa shape index (κ3) is 1.45. The van der Waals surface area contributed by atoms with Crippen LogP contribution in [0.2, 0.25) is 4.31 Å². The average molecular weight is 227 g/mol. The zero-order chi connectivity index (χ0) is 8.65. The third-order valence-electron chi connectivity index (χ3n) is 2.10. The van der Waals surface area contributed by atoms with Crippen LogP contribution in [0.25, 0.3) is 0 Å². The molecule has 1 saturated carbocycles. The first-order chi connectivity index (χ1) is 5.01. The summed E-state index contributed by atoms with van der Waals surface area (Å²) in [6.45, 7) is -0.248. The number of hydrogen-bond acceptors (Lipinski definition) is 4. The molecular weight excluding hydrogens is 215 g/mol. The molecule has 0 saturated heterocycles. The quantitative estimate of drug-likeness (QED) is 0.374. The molecule has 66 valence electrons. The van der Waals surface area contributed by atoms with E-state index in [2.05, 4.69) is 16.0 Å². The first kappa shape index (κ1) is 9.45. The van der Waals surface area contributed by atoms with Crippen LogP contribution in [0.3, 0.4) is 0 Å². The third-order valence-corrected chi connectivity index (χ3v) is 3.34. The van der Waals surface area contributed by atoms with Gasteiger partial charge in [-0.05, 0) is 0 Å². The van der Waals surface area contributed by atoms with Crippen molar-refractivity contribution in [3.05, 3.63) is 0 Å². The standard InChI is InChI=1S/C6H12O4Se/c7-2-6(11)1-3(8)4(9)5(6)10/h3-5,7-11H,1-2H2/t3-,4+,5-,6+/m0/s1. The molecule has 4 N–H and O–H groups in total. The van der Waals surface area contributed by atoms with Gasteiger partial charge in [-0.1, -0.05) is 0 Å². The zero-order valence-electron chi connectivity index (χ0n) is 5.88. The van der Waals surface area contributed by atoms with E-state index in [0.717, 1.165) is 0 Å². The Morgan fingerprint density at radius 3 is 2.09 bits per heavy atom. The van der Waals surface area contributed by atoms with Crippen LogP contribution in [0, 0.1) is 0 Å². The molecule has 0 spiro atoms. The fraction of sp³-hybridized carbons (Fsp3) is 1.00. The van der Waals surface area contributed by atoms with Gasteiger partial charge in [0.1, 0.15) is 0 Å². The molecule has 1 aliphatic rings. The van der Waals surface area contributed by atoms with Crippen molar-refractivity contribution in [2.45, 2.75) is 29.0 Å². The van der Waals surface area contributed by atoms with Crippen LogP contribution < -0.4 is 0 Å². The second kappa shape index (κ2) is 3.01.